The van der Waals surface area contributed by atoms with E-state index in [2.05, 4.69) is 27.1 Å². The maximum Gasteiger partial charge on any atom is 0.320 e. The summed E-state index contributed by atoms with van der Waals surface area (Å²) in [7, 11) is 0. The molecule has 0 fully saturated rings. The predicted molar refractivity (Wildman–Crippen MR) is 131 cm³/mol. The second-order valence-corrected chi connectivity index (χ2v) is 7.66. The molecule has 5 aromatic rings. The van der Waals surface area contributed by atoms with Gasteiger partial charge in [-0.2, -0.15) is 9.97 Å². The number of benzene rings is 4. The van der Waals surface area contributed by atoms with Crippen molar-refractivity contribution >= 4 is 21.5 Å². The minimum Gasteiger partial charge on any atom is -0.507 e. The Labute approximate surface area is 196 Å². The molecule has 7 nitrogen and oxygen atoms in total. The van der Waals surface area contributed by atoms with E-state index in [4.69, 9.17) is 9.47 Å². The number of phenols is 2. The quantitative estimate of drug-likeness (QED) is 0.317. The van der Waals surface area contributed by atoms with Gasteiger partial charge in [-0.25, -0.2) is 4.98 Å². The lowest BCUT2D eigenvalue weighted by molar-refractivity contribution is 0.312. The van der Waals surface area contributed by atoms with Crippen molar-refractivity contribution in [3.63, 3.8) is 0 Å². The van der Waals surface area contributed by atoms with E-state index in [0.717, 1.165) is 27.1 Å². The van der Waals surface area contributed by atoms with Crippen molar-refractivity contribution in [2.75, 3.05) is 13.2 Å². The fraction of sp³-hybridized carbons (Fsp3) is 0.148. The lowest BCUT2D eigenvalue weighted by Crippen LogP contribution is -2.04. The van der Waals surface area contributed by atoms with Gasteiger partial charge in [0.05, 0.1) is 13.2 Å². The van der Waals surface area contributed by atoms with Gasteiger partial charge in [0.2, 0.25) is 0 Å². The first kappa shape index (κ1) is 21.5. The predicted octanol–water partition coefficient (Wildman–Crippen LogP) is 5.72. The van der Waals surface area contributed by atoms with Crippen LogP contribution < -0.4 is 9.47 Å². The Morgan fingerprint density at radius 1 is 0.676 bits per heavy atom. The molecule has 1 heterocycles. The van der Waals surface area contributed by atoms with Crippen LogP contribution in [0.25, 0.3) is 44.3 Å². The van der Waals surface area contributed by atoms with Crippen LogP contribution in [-0.2, 0) is 0 Å². The molecule has 0 saturated carbocycles. The topological polar surface area (TPSA) is 97.6 Å². The summed E-state index contributed by atoms with van der Waals surface area (Å²) in [6, 6.07) is 21.2. The molecule has 0 amide bonds. The van der Waals surface area contributed by atoms with E-state index in [1.165, 1.54) is 12.1 Å². The van der Waals surface area contributed by atoms with Gasteiger partial charge in [-0.15, -0.1) is 0 Å². The summed E-state index contributed by atoms with van der Waals surface area (Å²) in [5, 5.41) is 25.5. The number of aromatic hydroxyl groups is 2. The van der Waals surface area contributed by atoms with Crippen molar-refractivity contribution in [1.29, 1.82) is 0 Å². The molecule has 0 spiro atoms. The highest BCUT2D eigenvalue weighted by molar-refractivity contribution is 6.13. The van der Waals surface area contributed by atoms with Crippen molar-refractivity contribution in [1.82, 2.24) is 15.0 Å². The van der Waals surface area contributed by atoms with Crippen molar-refractivity contribution in [3.8, 4) is 46.0 Å². The second kappa shape index (κ2) is 8.86. The summed E-state index contributed by atoms with van der Waals surface area (Å²) in [5.74, 6) is 0.422. The third kappa shape index (κ3) is 3.81. The smallest absolute Gasteiger partial charge is 0.320 e. The van der Waals surface area contributed by atoms with Crippen LogP contribution in [0, 0.1) is 0 Å². The van der Waals surface area contributed by atoms with Crippen molar-refractivity contribution in [2.45, 2.75) is 13.8 Å². The first-order valence-corrected chi connectivity index (χ1v) is 11.1. The molecular weight excluding hydrogens is 430 g/mol. The zero-order chi connectivity index (χ0) is 23.7. The normalized spacial score (nSPS) is 11.1. The molecule has 34 heavy (non-hydrogen) atoms. The summed E-state index contributed by atoms with van der Waals surface area (Å²) in [4.78, 5) is 13.6. The van der Waals surface area contributed by atoms with E-state index in [-0.39, 0.29) is 28.9 Å². The highest BCUT2D eigenvalue weighted by Gasteiger charge is 2.20. The van der Waals surface area contributed by atoms with Gasteiger partial charge in [-0.1, -0.05) is 48.5 Å². The van der Waals surface area contributed by atoms with Gasteiger partial charge in [0, 0.05) is 17.7 Å². The van der Waals surface area contributed by atoms with E-state index in [1.807, 2.05) is 56.3 Å². The molecule has 4 aromatic carbocycles. The SMILES string of the molecule is CCOc1cc(O)c(-c2nc(OCC)nc(-c3cc4ccccc4c4ccccc34)n2)c(O)c1. The molecule has 0 unspecified atom stereocenters. The van der Waals surface area contributed by atoms with Crippen molar-refractivity contribution in [2.24, 2.45) is 0 Å². The Hall–Kier alpha value is -4.39. The summed E-state index contributed by atoms with van der Waals surface area (Å²) in [5.41, 5.74) is 0.877. The lowest BCUT2D eigenvalue weighted by Gasteiger charge is -2.13. The van der Waals surface area contributed by atoms with Gasteiger partial charge >= 0.3 is 6.01 Å². The van der Waals surface area contributed by atoms with Crippen LogP contribution in [0.4, 0.5) is 0 Å². The summed E-state index contributed by atoms with van der Waals surface area (Å²) >= 11 is 0. The number of ether oxygens (including phenoxy) is 2. The van der Waals surface area contributed by atoms with Crippen LogP contribution >= 0.6 is 0 Å². The standard InChI is InChI=1S/C27H23N3O4/c1-3-33-17-14-22(31)24(23(32)15-17)26-28-25(29-27(30-26)34-4-2)21-13-16-9-5-6-10-18(16)19-11-7-8-12-20(19)21/h5-15,31-32H,3-4H2,1-2H3. The molecule has 0 bridgehead atoms. The van der Waals surface area contributed by atoms with Crippen LogP contribution in [0.3, 0.4) is 0 Å². The summed E-state index contributed by atoms with van der Waals surface area (Å²) in [6.07, 6.45) is 0. The summed E-state index contributed by atoms with van der Waals surface area (Å²) < 4.78 is 11.0. The lowest BCUT2D eigenvalue weighted by atomic mass is 9.97. The number of nitrogens with zero attached hydrogens (tertiary/aromatic N) is 3. The molecule has 0 aliphatic rings. The van der Waals surface area contributed by atoms with Crippen molar-refractivity contribution in [3.05, 3.63) is 66.7 Å². The Morgan fingerprint density at radius 2 is 1.29 bits per heavy atom. The maximum absolute atomic E-state index is 10.7. The van der Waals surface area contributed by atoms with Crippen LogP contribution in [0.1, 0.15) is 13.8 Å². The highest BCUT2D eigenvalue weighted by atomic mass is 16.5. The van der Waals surface area contributed by atoms with Gasteiger partial charge < -0.3 is 19.7 Å². The molecule has 2 N–H and O–H groups in total. The molecule has 1 aromatic heterocycles. The number of hydrogen-bond donors (Lipinski definition) is 2. The first-order chi connectivity index (χ1) is 16.6. The third-order valence-corrected chi connectivity index (χ3v) is 5.50. The van der Waals surface area contributed by atoms with Gasteiger partial charge in [0.15, 0.2) is 11.6 Å². The van der Waals surface area contributed by atoms with E-state index >= 15 is 0 Å². The van der Waals surface area contributed by atoms with Crippen LogP contribution in [0.5, 0.6) is 23.3 Å². The Balaban J connectivity index is 1.77. The highest BCUT2D eigenvalue weighted by Crippen LogP contribution is 2.41. The second-order valence-electron chi connectivity index (χ2n) is 7.66. The minimum atomic E-state index is -0.202. The molecule has 0 atom stereocenters. The van der Waals surface area contributed by atoms with E-state index < -0.39 is 0 Å². The number of phenolic OH excluding ortho intramolecular Hbond substituents is 2. The zero-order valence-corrected chi connectivity index (χ0v) is 18.8. The molecule has 170 valence electrons. The summed E-state index contributed by atoms with van der Waals surface area (Å²) in [6.45, 7) is 4.41. The average molecular weight is 453 g/mol. The molecular formula is C27H23N3O4. The van der Waals surface area contributed by atoms with Crippen molar-refractivity contribution < 1.29 is 19.7 Å². The fourth-order valence-corrected chi connectivity index (χ4v) is 4.09. The van der Waals surface area contributed by atoms with E-state index in [9.17, 15) is 10.2 Å². The zero-order valence-electron chi connectivity index (χ0n) is 18.8. The number of hydrogen-bond acceptors (Lipinski definition) is 7. The van der Waals surface area contributed by atoms with Gasteiger partial charge in [-0.05, 0) is 41.5 Å². The Bertz CT molecular complexity index is 1490. The van der Waals surface area contributed by atoms with Crippen LogP contribution in [0.15, 0.2) is 66.7 Å². The molecule has 0 aliphatic carbocycles. The largest absolute Gasteiger partial charge is 0.507 e. The first-order valence-electron chi connectivity index (χ1n) is 11.1. The average Bonchev–Trinajstić information content (AvgIpc) is 2.83. The van der Waals surface area contributed by atoms with Crippen LogP contribution in [0.2, 0.25) is 0 Å². The Kier molecular flexibility index (Phi) is 5.59. The Morgan fingerprint density at radius 3 is 2.00 bits per heavy atom. The molecule has 0 radical (unpaired) electrons. The molecule has 5 rings (SSSR count). The van der Waals surface area contributed by atoms with Crippen LogP contribution in [-0.4, -0.2) is 38.4 Å². The van der Waals surface area contributed by atoms with E-state index in [0.29, 0.717) is 24.8 Å². The molecule has 0 aliphatic heterocycles. The number of fused-ring (bicyclic) bond motifs is 3. The van der Waals surface area contributed by atoms with E-state index in [1.54, 1.807) is 0 Å². The molecule has 7 heteroatoms. The maximum atomic E-state index is 10.7. The monoisotopic (exact) mass is 453 g/mol. The number of rotatable bonds is 6. The van der Waals surface area contributed by atoms with Gasteiger partial charge in [-0.3, -0.25) is 0 Å². The fourth-order valence-electron chi connectivity index (χ4n) is 4.09. The van der Waals surface area contributed by atoms with Gasteiger partial charge in [0.25, 0.3) is 0 Å². The molecule has 0 saturated heterocycles. The minimum absolute atomic E-state index is 0.0816. The number of aromatic nitrogens is 3. The third-order valence-electron chi connectivity index (χ3n) is 5.50. The van der Waals surface area contributed by atoms with Gasteiger partial charge in [0.1, 0.15) is 22.8 Å².